The molecular weight excluding hydrogens is 365 g/mol. The highest BCUT2D eigenvalue weighted by Crippen LogP contribution is 2.25. The standard InChI is InChI=1S/C19H23Cl2NO.ClH/c1-2-3-6-11-22-13-16-12-17(20)9-10-19(16)23-14-15-7-4-5-8-18(15)21;/h4-5,7-10,12,22H,2-3,6,11,13-14H2,1H3;1H. The molecule has 0 bridgehead atoms. The molecule has 0 saturated heterocycles. The Labute approximate surface area is 160 Å². The Bertz CT molecular complexity index is 619. The molecule has 24 heavy (non-hydrogen) atoms. The molecule has 2 rings (SSSR count). The molecular formula is C19H24Cl3NO. The van der Waals surface area contributed by atoms with Crippen LogP contribution in [0.3, 0.4) is 0 Å². The molecule has 0 fully saturated rings. The Morgan fingerprint density at radius 1 is 1.00 bits per heavy atom. The van der Waals surface area contributed by atoms with E-state index in [1.807, 2.05) is 42.5 Å². The summed E-state index contributed by atoms with van der Waals surface area (Å²) in [5, 5.41) is 4.89. The summed E-state index contributed by atoms with van der Waals surface area (Å²) in [6, 6.07) is 13.4. The fourth-order valence-electron chi connectivity index (χ4n) is 2.32. The van der Waals surface area contributed by atoms with E-state index in [0.29, 0.717) is 6.61 Å². The van der Waals surface area contributed by atoms with Crippen molar-refractivity contribution in [3.05, 3.63) is 63.6 Å². The quantitative estimate of drug-likeness (QED) is 0.511. The summed E-state index contributed by atoms with van der Waals surface area (Å²) in [7, 11) is 0. The Hall–Kier alpha value is -0.930. The second-order valence-corrected chi connectivity index (χ2v) is 6.36. The van der Waals surface area contributed by atoms with Crippen LogP contribution in [0.5, 0.6) is 5.75 Å². The van der Waals surface area contributed by atoms with Crippen LogP contribution in [-0.2, 0) is 13.2 Å². The fraction of sp³-hybridized carbons (Fsp3) is 0.368. The Morgan fingerprint density at radius 3 is 2.54 bits per heavy atom. The number of rotatable bonds is 9. The van der Waals surface area contributed by atoms with Crippen LogP contribution in [0.4, 0.5) is 0 Å². The molecule has 0 saturated carbocycles. The van der Waals surface area contributed by atoms with E-state index in [9.17, 15) is 0 Å². The van der Waals surface area contributed by atoms with Gasteiger partial charge in [0, 0.05) is 27.7 Å². The molecule has 0 aliphatic carbocycles. The van der Waals surface area contributed by atoms with Gasteiger partial charge in [-0.2, -0.15) is 0 Å². The largest absolute Gasteiger partial charge is 0.489 e. The van der Waals surface area contributed by atoms with E-state index >= 15 is 0 Å². The van der Waals surface area contributed by atoms with E-state index in [2.05, 4.69) is 12.2 Å². The lowest BCUT2D eigenvalue weighted by Gasteiger charge is -2.13. The summed E-state index contributed by atoms with van der Waals surface area (Å²) < 4.78 is 5.95. The van der Waals surface area contributed by atoms with Crippen LogP contribution >= 0.6 is 35.6 Å². The normalized spacial score (nSPS) is 10.3. The van der Waals surface area contributed by atoms with E-state index < -0.39 is 0 Å². The van der Waals surface area contributed by atoms with Crippen LogP contribution < -0.4 is 10.1 Å². The lowest BCUT2D eigenvalue weighted by Crippen LogP contribution is -2.15. The lowest BCUT2D eigenvalue weighted by atomic mass is 10.2. The van der Waals surface area contributed by atoms with Crippen molar-refractivity contribution in [3.8, 4) is 5.75 Å². The molecule has 2 nitrogen and oxygen atoms in total. The van der Waals surface area contributed by atoms with Gasteiger partial charge in [-0.3, -0.25) is 0 Å². The third kappa shape index (κ3) is 6.90. The van der Waals surface area contributed by atoms with Crippen LogP contribution in [0.1, 0.15) is 37.3 Å². The molecule has 0 atom stereocenters. The van der Waals surface area contributed by atoms with Crippen LogP contribution in [0.15, 0.2) is 42.5 Å². The van der Waals surface area contributed by atoms with E-state index in [1.54, 1.807) is 0 Å². The van der Waals surface area contributed by atoms with Crippen molar-refractivity contribution < 1.29 is 4.74 Å². The third-order valence-corrected chi connectivity index (χ3v) is 4.24. The molecule has 5 heteroatoms. The Balaban J connectivity index is 0.00000288. The molecule has 0 radical (unpaired) electrons. The molecule has 0 aliphatic heterocycles. The maximum absolute atomic E-state index is 6.17. The van der Waals surface area contributed by atoms with Gasteiger partial charge in [0.15, 0.2) is 0 Å². The average Bonchev–Trinajstić information content (AvgIpc) is 2.55. The van der Waals surface area contributed by atoms with Gasteiger partial charge in [0.1, 0.15) is 12.4 Å². The summed E-state index contributed by atoms with van der Waals surface area (Å²) in [6.07, 6.45) is 3.66. The molecule has 2 aromatic carbocycles. The van der Waals surface area contributed by atoms with Crippen molar-refractivity contribution in [2.75, 3.05) is 6.54 Å². The third-order valence-electron chi connectivity index (χ3n) is 3.64. The van der Waals surface area contributed by atoms with Gasteiger partial charge in [-0.15, -0.1) is 12.4 Å². The molecule has 0 aliphatic rings. The second kappa shape index (κ2) is 11.6. The van der Waals surface area contributed by atoms with Gasteiger partial charge < -0.3 is 10.1 Å². The zero-order chi connectivity index (χ0) is 16.5. The van der Waals surface area contributed by atoms with Crippen LogP contribution in [-0.4, -0.2) is 6.54 Å². The molecule has 2 aromatic rings. The van der Waals surface area contributed by atoms with Gasteiger partial charge in [-0.25, -0.2) is 0 Å². The zero-order valence-electron chi connectivity index (χ0n) is 13.9. The highest BCUT2D eigenvalue weighted by atomic mass is 35.5. The lowest BCUT2D eigenvalue weighted by molar-refractivity contribution is 0.302. The van der Waals surface area contributed by atoms with E-state index in [0.717, 1.165) is 40.0 Å². The number of halogens is 3. The molecule has 0 aromatic heterocycles. The minimum Gasteiger partial charge on any atom is -0.489 e. The van der Waals surface area contributed by atoms with Gasteiger partial charge in [0.05, 0.1) is 0 Å². The maximum Gasteiger partial charge on any atom is 0.124 e. The SMILES string of the molecule is CCCCCNCc1cc(Cl)ccc1OCc1ccccc1Cl.Cl. The first-order chi connectivity index (χ1) is 11.2. The highest BCUT2D eigenvalue weighted by molar-refractivity contribution is 6.31. The van der Waals surface area contributed by atoms with Crippen LogP contribution in [0.2, 0.25) is 10.0 Å². The predicted octanol–water partition coefficient (Wildman–Crippen LogP) is 6.27. The average molecular weight is 389 g/mol. The first kappa shape index (κ1) is 21.1. The second-order valence-electron chi connectivity index (χ2n) is 5.52. The van der Waals surface area contributed by atoms with Crippen molar-refractivity contribution in [1.82, 2.24) is 5.32 Å². The van der Waals surface area contributed by atoms with E-state index in [-0.39, 0.29) is 12.4 Å². The fourth-order valence-corrected chi connectivity index (χ4v) is 2.71. The molecule has 0 unspecified atom stereocenters. The van der Waals surface area contributed by atoms with Crippen LogP contribution in [0.25, 0.3) is 0 Å². The number of unbranched alkanes of at least 4 members (excludes halogenated alkanes) is 2. The van der Waals surface area contributed by atoms with Crippen molar-refractivity contribution in [1.29, 1.82) is 0 Å². The van der Waals surface area contributed by atoms with Gasteiger partial charge >= 0.3 is 0 Å². The van der Waals surface area contributed by atoms with Gasteiger partial charge in [-0.1, -0.05) is 61.2 Å². The topological polar surface area (TPSA) is 21.3 Å². The minimum atomic E-state index is 0. The summed E-state index contributed by atoms with van der Waals surface area (Å²) in [4.78, 5) is 0. The molecule has 1 N–H and O–H groups in total. The molecule has 0 amide bonds. The Morgan fingerprint density at radius 2 is 1.79 bits per heavy atom. The highest BCUT2D eigenvalue weighted by Gasteiger charge is 2.06. The van der Waals surface area contributed by atoms with E-state index in [1.165, 1.54) is 19.3 Å². The monoisotopic (exact) mass is 387 g/mol. The predicted molar refractivity (Wildman–Crippen MR) is 106 cm³/mol. The number of ether oxygens (including phenoxy) is 1. The molecule has 0 spiro atoms. The van der Waals surface area contributed by atoms with Crippen molar-refractivity contribution >= 4 is 35.6 Å². The summed E-state index contributed by atoms with van der Waals surface area (Å²) >= 11 is 12.3. The van der Waals surface area contributed by atoms with Crippen molar-refractivity contribution in [3.63, 3.8) is 0 Å². The first-order valence-electron chi connectivity index (χ1n) is 8.06. The molecule has 132 valence electrons. The Kier molecular flexibility index (Phi) is 10.2. The zero-order valence-corrected chi connectivity index (χ0v) is 16.2. The number of hydrogen-bond acceptors (Lipinski definition) is 2. The summed E-state index contributed by atoms with van der Waals surface area (Å²) in [6.45, 7) is 4.41. The smallest absolute Gasteiger partial charge is 0.124 e. The first-order valence-corrected chi connectivity index (χ1v) is 8.81. The number of hydrogen-bond donors (Lipinski definition) is 1. The van der Waals surface area contributed by atoms with Crippen molar-refractivity contribution in [2.24, 2.45) is 0 Å². The van der Waals surface area contributed by atoms with Gasteiger partial charge in [-0.05, 0) is 37.2 Å². The van der Waals surface area contributed by atoms with E-state index in [4.69, 9.17) is 27.9 Å². The summed E-state index contributed by atoms with van der Waals surface area (Å²) in [5.74, 6) is 0.845. The maximum atomic E-state index is 6.17. The molecule has 0 heterocycles. The van der Waals surface area contributed by atoms with Crippen LogP contribution in [0, 0.1) is 0 Å². The summed E-state index contributed by atoms with van der Waals surface area (Å²) in [5.41, 5.74) is 2.05. The van der Waals surface area contributed by atoms with Gasteiger partial charge in [0.25, 0.3) is 0 Å². The number of benzene rings is 2. The van der Waals surface area contributed by atoms with Gasteiger partial charge in [0.2, 0.25) is 0 Å². The van der Waals surface area contributed by atoms with Crippen molar-refractivity contribution in [2.45, 2.75) is 39.3 Å². The number of nitrogens with one attached hydrogen (secondary N) is 1. The minimum absolute atomic E-state index is 0.